The summed E-state index contributed by atoms with van der Waals surface area (Å²) in [5, 5.41) is 3.48. The highest BCUT2D eigenvalue weighted by Crippen LogP contribution is 2.09. The molecule has 0 bridgehead atoms. The van der Waals surface area contributed by atoms with Crippen molar-refractivity contribution in [1.82, 2.24) is 10.0 Å². The van der Waals surface area contributed by atoms with E-state index < -0.39 is 11.0 Å². The van der Waals surface area contributed by atoms with Crippen molar-refractivity contribution in [2.45, 2.75) is 71.1 Å². The Bertz CT molecular complexity index is 451. The summed E-state index contributed by atoms with van der Waals surface area (Å²) in [6.45, 7) is 10.9. The topological polar surface area (TPSA) is 41.1 Å². The summed E-state index contributed by atoms with van der Waals surface area (Å²) in [5.74, 6) is 0. The highest BCUT2D eigenvalue weighted by atomic mass is 32.2. The fraction of sp³-hybridized carbons (Fsp3) is 0.684. The molecule has 0 aliphatic carbocycles. The van der Waals surface area contributed by atoms with Crippen molar-refractivity contribution in [1.29, 1.82) is 0 Å². The second-order valence-electron chi connectivity index (χ2n) is 7.08. The third-order valence-electron chi connectivity index (χ3n) is 3.74. The molecule has 3 nitrogen and oxygen atoms in total. The minimum atomic E-state index is -0.950. The second kappa shape index (κ2) is 11.0. The molecule has 0 amide bonds. The number of hydrogen-bond acceptors (Lipinski definition) is 2. The van der Waals surface area contributed by atoms with Crippen LogP contribution in [0.3, 0.4) is 0 Å². The normalized spacial score (nSPS) is 13.2. The summed E-state index contributed by atoms with van der Waals surface area (Å²) < 4.78 is 14.7. The number of benzene rings is 1. The molecule has 1 aromatic carbocycles. The van der Waals surface area contributed by atoms with Crippen molar-refractivity contribution in [2.75, 3.05) is 13.1 Å². The average molecular weight is 339 g/mol. The van der Waals surface area contributed by atoms with Gasteiger partial charge in [-0.1, -0.05) is 37.6 Å². The highest BCUT2D eigenvalue weighted by molar-refractivity contribution is 7.84. The summed E-state index contributed by atoms with van der Waals surface area (Å²) in [7, 11) is -0.950. The van der Waals surface area contributed by atoms with Gasteiger partial charge in [-0.2, -0.15) is 0 Å². The maximum absolute atomic E-state index is 11.8. The molecule has 0 spiro atoms. The average Bonchev–Trinajstić information content (AvgIpc) is 2.52. The van der Waals surface area contributed by atoms with Gasteiger partial charge >= 0.3 is 0 Å². The van der Waals surface area contributed by atoms with Crippen molar-refractivity contribution in [3.63, 3.8) is 0 Å². The quantitative estimate of drug-likeness (QED) is 0.600. The molecule has 0 heterocycles. The SMILES string of the molecule is CCCCc1ccc(CNCCCCNS(=O)C(C)(C)C)cc1. The molecule has 1 unspecified atom stereocenters. The molecule has 0 saturated carbocycles. The first-order chi connectivity index (χ1) is 10.9. The van der Waals surface area contributed by atoms with Crippen LogP contribution in [0, 0.1) is 0 Å². The van der Waals surface area contributed by atoms with E-state index in [0.29, 0.717) is 0 Å². The van der Waals surface area contributed by atoms with Crippen molar-refractivity contribution < 1.29 is 4.21 Å². The van der Waals surface area contributed by atoms with Gasteiger partial charge in [-0.25, -0.2) is 8.93 Å². The van der Waals surface area contributed by atoms with Crippen molar-refractivity contribution in [3.05, 3.63) is 35.4 Å². The first-order valence-corrected chi connectivity index (χ1v) is 10.0. The summed E-state index contributed by atoms with van der Waals surface area (Å²) >= 11 is 0. The van der Waals surface area contributed by atoms with E-state index in [9.17, 15) is 4.21 Å². The van der Waals surface area contributed by atoms with Gasteiger partial charge in [0, 0.05) is 13.1 Å². The largest absolute Gasteiger partial charge is 0.313 e. The van der Waals surface area contributed by atoms with Crippen LogP contribution in [-0.2, 0) is 24.0 Å². The monoisotopic (exact) mass is 338 g/mol. The van der Waals surface area contributed by atoms with Crippen LogP contribution in [0.4, 0.5) is 0 Å². The third kappa shape index (κ3) is 9.23. The van der Waals surface area contributed by atoms with E-state index in [-0.39, 0.29) is 4.75 Å². The Hall–Kier alpha value is -0.710. The molecule has 23 heavy (non-hydrogen) atoms. The molecule has 0 aliphatic rings. The van der Waals surface area contributed by atoms with Crippen LogP contribution < -0.4 is 10.0 Å². The van der Waals surface area contributed by atoms with Gasteiger partial charge in [-0.05, 0) is 64.1 Å². The summed E-state index contributed by atoms with van der Waals surface area (Å²) in [5.41, 5.74) is 2.78. The minimum Gasteiger partial charge on any atom is -0.313 e. The van der Waals surface area contributed by atoms with E-state index in [2.05, 4.69) is 41.2 Å². The number of rotatable bonds is 11. The lowest BCUT2D eigenvalue weighted by Gasteiger charge is -2.17. The van der Waals surface area contributed by atoms with Crippen LogP contribution in [-0.4, -0.2) is 22.0 Å². The highest BCUT2D eigenvalue weighted by Gasteiger charge is 2.18. The van der Waals surface area contributed by atoms with Gasteiger partial charge in [-0.3, -0.25) is 0 Å². The number of unbranched alkanes of at least 4 members (excludes halogenated alkanes) is 2. The van der Waals surface area contributed by atoms with E-state index in [1.807, 2.05) is 20.8 Å². The van der Waals surface area contributed by atoms with E-state index >= 15 is 0 Å². The Morgan fingerprint density at radius 2 is 1.57 bits per heavy atom. The van der Waals surface area contributed by atoms with Crippen LogP contribution in [0.15, 0.2) is 24.3 Å². The van der Waals surface area contributed by atoms with Gasteiger partial charge < -0.3 is 5.32 Å². The molecular formula is C19H34N2OS. The zero-order chi connectivity index (χ0) is 17.1. The third-order valence-corrected chi connectivity index (χ3v) is 5.32. The number of hydrogen-bond donors (Lipinski definition) is 2. The Balaban J connectivity index is 2.08. The Morgan fingerprint density at radius 1 is 0.957 bits per heavy atom. The van der Waals surface area contributed by atoms with Gasteiger partial charge in [-0.15, -0.1) is 0 Å². The van der Waals surface area contributed by atoms with E-state index in [0.717, 1.165) is 32.5 Å². The second-order valence-corrected chi connectivity index (χ2v) is 9.13. The predicted octanol–water partition coefficient (Wildman–Crippen LogP) is 3.95. The summed E-state index contributed by atoms with van der Waals surface area (Å²) in [6, 6.07) is 8.95. The van der Waals surface area contributed by atoms with E-state index in [4.69, 9.17) is 0 Å². The molecule has 0 saturated heterocycles. The molecule has 1 rings (SSSR count). The lowest BCUT2D eigenvalue weighted by Crippen LogP contribution is -2.34. The van der Waals surface area contributed by atoms with Crippen LogP contribution in [0.2, 0.25) is 0 Å². The lowest BCUT2D eigenvalue weighted by molar-refractivity contribution is 0.604. The van der Waals surface area contributed by atoms with Crippen LogP contribution in [0.5, 0.6) is 0 Å². The summed E-state index contributed by atoms with van der Waals surface area (Å²) in [6.07, 6.45) is 5.86. The van der Waals surface area contributed by atoms with Crippen LogP contribution >= 0.6 is 0 Å². The van der Waals surface area contributed by atoms with Crippen LogP contribution in [0.1, 0.15) is 64.5 Å². The molecule has 0 aliphatic heterocycles. The van der Waals surface area contributed by atoms with E-state index in [1.54, 1.807) is 0 Å². The van der Waals surface area contributed by atoms with Gasteiger partial charge in [0.05, 0.1) is 15.7 Å². The maximum atomic E-state index is 11.8. The first kappa shape index (κ1) is 20.3. The van der Waals surface area contributed by atoms with Gasteiger partial charge in [0.15, 0.2) is 0 Å². The molecule has 0 radical (unpaired) electrons. The Morgan fingerprint density at radius 3 is 2.17 bits per heavy atom. The van der Waals surface area contributed by atoms with Crippen molar-refractivity contribution >= 4 is 11.0 Å². The van der Waals surface area contributed by atoms with Gasteiger partial charge in [0.2, 0.25) is 0 Å². The molecular weight excluding hydrogens is 304 g/mol. The minimum absolute atomic E-state index is 0.179. The molecule has 0 fully saturated rings. The predicted molar refractivity (Wildman–Crippen MR) is 102 cm³/mol. The molecule has 4 heteroatoms. The Labute approximate surface area is 145 Å². The standard InChI is InChI=1S/C19H34N2OS/c1-5-6-9-17-10-12-18(13-11-17)16-20-14-7-8-15-21-23(22)19(2,3)4/h10-13,20-21H,5-9,14-16H2,1-4H3. The Kier molecular flexibility index (Phi) is 9.68. The lowest BCUT2D eigenvalue weighted by atomic mass is 10.1. The number of nitrogens with one attached hydrogen (secondary N) is 2. The maximum Gasteiger partial charge on any atom is 0.0970 e. The van der Waals surface area contributed by atoms with E-state index in [1.165, 1.54) is 30.4 Å². The van der Waals surface area contributed by atoms with Crippen LogP contribution in [0.25, 0.3) is 0 Å². The van der Waals surface area contributed by atoms with Crippen molar-refractivity contribution in [3.8, 4) is 0 Å². The zero-order valence-electron chi connectivity index (χ0n) is 15.3. The smallest absolute Gasteiger partial charge is 0.0970 e. The molecule has 132 valence electrons. The zero-order valence-corrected chi connectivity index (χ0v) is 16.1. The number of aryl methyl sites for hydroxylation is 1. The fourth-order valence-corrected chi connectivity index (χ4v) is 2.96. The van der Waals surface area contributed by atoms with Crippen molar-refractivity contribution in [2.24, 2.45) is 0 Å². The summed E-state index contributed by atoms with van der Waals surface area (Å²) in [4.78, 5) is 0. The molecule has 2 N–H and O–H groups in total. The first-order valence-electron chi connectivity index (χ1n) is 8.87. The van der Waals surface area contributed by atoms with Gasteiger partial charge in [0.1, 0.15) is 0 Å². The molecule has 1 aromatic rings. The molecule has 1 atom stereocenters. The molecule has 0 aromatic heterocycles. The fourth-order valence-electron chi connectivity index (χ4n) is 2.19. The van der Waals surface area contributed by atoms with Gasteiger partial charge in [0.25, 0.3) is 0 Å².